The molecule has 0 aromatic heterocycles. The van der Waals surface area contributed by atoms with Crippen LogP contribution in [0, 0.1) is 12.3 Å². The molecule has 86 valence electrons. The van der Waals surface area contributed by atoms with Gasteiger partial charge in [-0.15, -0.1) is 12.3 Å². The predicted molar refractivity (Wildman–Crippen MR) is 62.8 cm³/mol. The number of ether oxygens (including phenoxy) is 1. The van der Waals surface area contributed by atoms with Crippen molar-refractivity contribution in [3.8, 4) is 12.3 Å². The van der Waals surface area contributed by atoms with Crippen molar-refractivity contribution < 1.29 is 4.74 Å². The van der Waals surface area contributed by atoms with E-state index in [1.807, 2.05) is 0 Å². The van der Waals surface area contributed by atoms with Gasteiger partial charge in [0.2, 0.25) is 0 Å². The van der Waals surface area contributed by atoms with Crippen LogP contribution >= 0.6 is 0 Å². The minimum absolute atomic E-state index is 0.358. The lowest BCUT2D eigenvalue weighted by Gasteiger charge is -2.30. The van der Waals surface area contributed by atoms with E-state index < -0.39 is 0 Å². The molecule has 1 heterocycles. The summed E-state index contributed by atoms with van der Waals surface area (Å²) < 4.78 is 5.64. The van der Waals surface area contributed by atoms with E-state index in [4.69, 9.17) is 11.2 Å². The van der Waals surface area contributed by atoms with Crippen LogP contribution < -0.4 is 5.32 Å². The molecule has 1 saturated heterocycles. The SMILES string of the molecule is C#CCCCCNCC1CN(C)CCO1. The highest BCUT2D eigenvalue weighted by molar-refractivity contribution is 4.82. The minimum Gasteiger partial charge on any atom is -0.374 e. The van der Waals surface area contributed by atoms with Crippen LogP contribution in [0.25, 0.3) is 0 Å². The zero-order valence-corrected chi connectivity index (χ0v) is 9.67. The van der Waals surface area contributed by atoms with Crippen LogP contribution in [0.2, 0.25) is 0 Å². The Kier molecular flexibility index (Phi) is 6.42. The first-order chi connectivity index (χ1) is 7.33. The molecule has 1 N–H and O–H groups in total. The van der Waals surface area contributed by atoms with Gasteiger partial charge in [0.15, 0.2) is 0 Å². The third-order valence-electron chi connectivity index (χ3n) is 2.64. The maximum Gasteiger partial charge on any atom is 0.0826 e. The third-order valence-corrected chi connectivity index (χ3v) is 2.64. The lowest BCUT2D eigenvalue weighted by molar-refractivity contribution is -0.0180. The minimum atomic E-state index is 0.358. The molecular formula is C12H22N2O. The molecule has 0 saturated carbocycles. The van der Waals surface area contributed by atoms with Crippen LogP contribution in [0.5, 0.6) is 0 Å². The Bertz CT molecular complexity index is 200. The van der Waals surface area contributed by atoms with Gasteiger partial charge in [0.25, 0.3) is 0 Å². The van der Waals surface area contributed by atoms with Gasteiger partial charge in [0.05, 0.1) is 12.7 Å². The molecule has 3 nitrogen and oxygen atoms in total. The van der Waals surface area contributed by atoms with E-state index in [0.29, 0.717) is 6.10 Å². The van der Waals surface area contributed by atoms with Crippen LogP contribution in [0.3, 0.4) is 0 Å². The molecule has 0 spiro atoms. The van der Waals surface area contributed by atoms with Crippen molar-refractivity contribution >= 4 is 0 Å². The van der Waals surface area contributed by atoms with E-state index in [0.717, 1.165) is 52.0 Å². The summed E-state index contributed by atoms with van der Waals surface area (Å²) in [5.41, 5.74) is 0. The van der Waals surface area contributed by atoms with Crippen molar-refractivity contribution in [3.63, 3.8) is 0 Å². The molecule has 0 bridgehead atoms. The number of hydrogen-bond donors (Lipinski definition) is 1. The molecule has 1 rings (SSSR count). The maximum atomic E-state index is 5.64. The fraction of sp³-hybridized carbons (Fsp3) is 0.833. The molecule has 3 heteroatoms. The first kappa shape index (κ1) is 12.5. The number of unbranched alkanes of at least 4 members (excludes halogenated alkanes) is 2. The molecular weight excluding hydrogens is 188 g/mol. The van der Waals surface area contributed by atoms with Crippen LogP contribution in [-0.4, -0.2) is 50.8 Å². The van der Waals surface area contributed by atoms with Crippen molar-refractivity contribution in [2.45, 2.75) is 25.4 Å². The van der Waals surface area contributed by atoms with Crippen molar-refractivity contribution in [2.24, 2.45) is 0 Å². The largest absolute Gasteiger partial charge is 0.374 e. The van der Waals surface area contributed by atoms with Gasteiger partial charge < -0.3 is 15.0 Å². The summed E-state index contributed by atoms with van der Waals surface area (Å²) in [6, 6.07) is 0. The van der Waals surface area contributed by atoms with Gasteiger partial charge in [0, 0.05) is 26.1 Å². The molecule has 0 amide bonds. The maximum absolute atomic E-state index is 5.64. The van der Waals surface area contributed by atoms with E-state index in [1.165, 1.54) is 0 Å². The fourth-order valence-electron chi connectivity index (χ4n) is 1.73. The standard InChI is InChI=1S/C12H22N2O/c1-3-4-5-6-7-13-10-12-11-14(2)8-9-15-12/h1,12-13H,4-11H2,2H3. The van der Waals surface area contributed by atoms with E-state index in [2.05, 4.69) is 23.2 Å². The fourth-order valence-corrected chi connectivity index (χ4v) is 1.73. The second kappa shape index (κ2) is 7.70. The zero-order chi connectivity index (χ0) is 10.9. The number of likely N-dealkylation sites (N-methyl/N-ethyl adjacent to an activating group) is 1. The Balaban J connectivity index is 1.93. The van der Waals surface area contributed by atoms with Gasteiger partial charge in [0.1, 0.15) is 0 Å². The zero-order valence-electron chi connectivity index (χ0n) is 9.67. The number of hydrogen-bond acceptors (Lipinski definition) is 3. The quantitative estimate of drug-likeness (QED) is 0.516. The number of nitrogens with one attached hydrogen (secondary N) is 1. The summed E-state index contributed by atoms with van der Waals surface area (Å²) in [7, 11) is 2.14. The Hall–Kier alpha value is -0.560. The summed E-state index contributed by atoms with van der Waals surface area (Å²) in [6.07, 6.45) is 8.71. The molecule has 1 aliphatic rings. The summed E-state index contributed by atoms with van der Waals surface area (Å²) in [5, 5.41) is 3.41. The molecule has 0 radical (unpaired) electrons. The van der Waals surface area contributed by atoms with Crippen molar-refractivity contribution in [2.75, 3.05) is 39.8 Å². The molecule has 15 heavy (non-hydrogen) atoms. The van der Waals surface area contributed by atoms with Crippen LogP contribution in [-0.2, 0) is 4.74 Å². The van der Waals surface area contributed by atoms with E-state index in [9.17, 15) is 0 Å². The first-order valence-corrected chi connectivity index (χ1v) is 5.77. The molecule has 1 aliphatic heterocycles. The van der Waals surface area contributed by atoms with Crippen molar-refractivity contribution in [1.82, 2.24) is 10.2 Å². The highest BCUT2D eigenvalue weighted by Gasteiger charge is 2.16. The van der Waals surface area contributed by atoms with Gasteiger partial charge in [-0.05, 0) is 26.4 Å². The second-order valence-corrected chi connectivity index (χ2v) is 4.12. The van der Waals surface area contributed by atoms with E-state index in [-0.39, 0.29) is 0 Å². The smallest absolute Gasteiger partial charge is 0.0826 e. The van der Waals surface area contributed by atoms with Crippen LogP contribution in [0.1, 0.15) is 19.3 Å². The second-order valence-electron chi connectivity index (χ2n) is 4.12. The number of terminal acetylenes is 1. The number of rotatable bonds is 6. The van der Waals surface area contributed by atoms with E-state index >= 15 is 0 Å². The van der Waals surface area contributed by atoms with Crippen LogP contribution in [0.15, 0.2) is 0 Å². The Morgan fingerprint density at radius 2 is 2.40 bits per heavy atom. The van der Waals surface area contributed by atoms with E-state index in [1.54, 1.807) is 0 Å². The summed E-state index contributed by atoms with van der Waals surface area (Å²) in [6.45, 7) is 4.96. The normalized spacial score (nSPS) is 22.5. The monoisotopic (exact) mass is 210 g/mol. The molecule has 1 atom stereocenters. The van der Waals surface area contributed by atoms with Crippen LogP contribution in [0.4, 0.5) is 0 Å². The molecule has 0 aliphatic carbocycles. The highest BCUT2D eigenvalue weighted by Crippen LogP contribution is 2.01. The van der Waals surface area contributed by atoms with Crippen molar-refractivity contribution in [3.05, 3.63) is 0 Å². The number of morpholine rings is 1. The Labute approximate surface area is 93.2 Å². The first-order valence-electron chi connectivity index (χ1n) is 5.77. The molecule has 1 unspecified atom stereocenters. The van der Waals surface area contributed by atoms with Gasteiger partial charge in [-0.2, -0.15) is 0 Å². The lowest BCUT2D eigenvalue weighted by Crippen LogP contribution is -2.44. The molecule has 0 aromatic rings. The summed E-state index contributed by atoms with van der Waals surface area (Å²) >= 11 is 0. The summed E-state index contributed by atoms with van der Waals surface area (Å²) in [5.74, 6) is 2.65. The third kappa shape index (κ3) is 5.78. The van der Waals surface area contributed by atoms with Gasteiger partial charge >= 0.3 is 0 Å². The molecule has 1 fully saturated rings. The average Bonchev–Trinajstić information content (AvgIpc) is 2.23. The van der Waals surface area contributed by atoms with Gasteiger partial charge in [-0.3, -0.25) is 0 Å². The van der Waals surface area contributed by atoms with Gasteiger partial charge in [-0.1, -0.05) is 0 Å². The lowest BCUT2D eigenvalue weighted by atomic mass is 10.2. The van der Waals surface area contributed by atoms with Gasteiger partial charge in [-0.25, -0.2) is 0 Å². The Morgan fingerprint density at radius 3 is 3.13 bits per heavy atom. The predicted octanol–water partition coefficient (Wildman–Crippen LogP) is 0.710. The summed E-state index contributed by atoms with van der Waals surface area (Å²) in [4.78, 5) is 2.31. The highest BCUT2D eigenvalue weighted by atomic mass is 16.5. The number of nitrogens with zero attached hydrogens (tertiary/aromatic N) is 1. The average molecular weight is 210 g/mol. The van der Waals surface area contributed by atoms with Crippen molar-refractivity contribution in [1.29, 1.82) is 0 Å². The Morgan fingerprint density at radius 1 is 1.53 bits per heavy atom. The topological polar surface area (TPSA) is 24.5 Å². The molecule has 0 aromatic carbocycles.